The summed E-state index contributed by atoms with van der Waals surface area (Å²) in [4.78, 5) is 0. The van der Waals surface area contributed by atoms with Crippen molar-refractivity contribution in [3.05, 3.63) is 0 Å². The minimum Gasteiger partial charge on any atom is -2.00 e. The van der Waals surface area contributed by atoms with Gasteiger partial charge in [0, 0.05) is 0 Å². The van der Waals surface area contributed by atoms with Crippen molar-refractivity contribution in [1.29, 1.82) is 5.26 Å². The maximum atomic E-state index is 9.19. The van der Waals surface area contributed by atoms with Crippen LogP contribution in [0, 0.1) is 10.7 Å². The molecule has 0 aromatic heterocycles. The maximum Gasteiger partial charge on any atom is 3.00 e. The molecule has 0 saturated carbocycles. The van der Waals surface area contributed by atoms with E-state index in [1.807, 2.05) is 0 Å². The van der Waals surface area contributed by atoms with Crippen molar-refractivity contribution in [1.82, 2.24) is 0 Å². The molecule has 0 rings (SSSR count). The van der Waals surface area contributed by atoms with E-state index in [9.17, 15) is 8.42 Å². The van der Waals surface area contributed by atoms with Gasteiger partial charge in [0.2, 0.25) is 5.40 Å². The first-order valence-corrected chi connectivity index (χ1v) is 2.38. The van der Waals surface area contributed by atoms with Crippen molar-refractivity contribution in [2.45, 2.75) is 0 Å². The fraction of sp³-hybridized carbons (Fsp3) is 0. The first kappa shape index (κ1) is 42.5. The summed E-state index contributed by atoms with van der Waals surface area (Å²) in [5.41, 5.74) is 0. The quantitative estimate of drug-likeness (QED) is 0.216. The Morgan fingerprint density at radius 2 is 1.18 bits per heavy atom. The van der Waals surface area contributed by atoms with Gasteiger partial charge in [0.25, 0.3) is 0 Å². The molecule has 0 saturated heterocycles. The number of rotatable bonds is 0. The molecule has 0 heterocycles. The van der Waals surface area contributed by atoms with Crippen molar-refractivity contribution in [3.63, 3.8) is 0 Å². The van der Waals surface area contributed by atoms with E-state index < -0.39 is 10.1 Å². The molecule has 0 fully saturated rings. The van der Waals surface area contributed by atoms with Crippen LogP contribution in [0.2, 0.25) is 0 Å². The van der Waals surface area contributed by atoms with Crippen LogP contribution < -0.4 is 0 Å². The fourth-order valence-corrected chi connectivity index (χ4v) is 0. The Morgan fingerprint density at radius 1 is 1.09 bits per heavy atom. The van der Waals surface area contributed by atoms with E-state index in [0.717, 1.165) is 0 Å². The van der Waals surface area contributed by atoms with Crippen LogP contribution in [0.1, 0.15) is 0 Å². The summed E-state index contributed by atoms with van der Waals surface area (Å²) in [5.74, 6) is 0. The van der Waals surface area contributed by atoms with Gasteiger partial charge in [0.1, 0.15) is 0 Å². The second-order valence-electron chi connectivity index (χ2n) is 0.566. The minimum absolute atomic E-state index is 0. The molecule has 0 spiro atoms. The molecule has 0 radical (unpaired) electrons. The van der Waals surface area contributed by atoms with Crippen LogP contribution in [-0.4, -0.2) is 47.7 Å². The van der Waals surface area contributed by atoms with Crippen LogP contribution in [0.5, 0.6) is 0 Å². The van der Waals surface area contributed by atoms with Crippen LogP contribution in [0.3, 0.4) is 0 Å². The monoisotopic (exact) mass is 209 g/mol. The largest absolute Gasteiger partial charge is 3.00 e. The predicted molar refractivity (Wildman–Crippen MR) is 30.7 cm³/mol. The summed E-state index contributed by atoms with van der Waals surface area (Å²) in [6.07, 6.45) is 0. The first-order valence-electron chi connectivity index (χ1n) is 0.944. The van der Waals surface area contributed by atoms with Gasteiger partial charge in [-0.25, -0.2) is 0 Å². The molecular weight excluding hydrogens is 208 g/mol. The summed E-state index contributed by atoms with van der Waals surface area (Å²) in [6, 6.07) is 0. The molecule has 0 aliphatic heterocycles. The third-order valence-electron chi connectivity index (χ3n) is 0.115. The Balaban J connectivity index is -0.0000000125. The number of hydrogen-bond donors (Lipinski definition) is 1. The minimum atomic E-state index is -4.36. The van der Waals surface area contributed by atoms with Crippen LogP contribution in [-0.2, 0) is 26.5 Å². The van der Waals surface area contributed by atoms with Gasteiger partial charge in [0.15, 0.2) is 0 Å². The topological polar surface area (TPSA) is 164 Å². The van der Waals surface area contributed by atoms with Crippen LogP contribution in [0.4, 0.5) is 0 Å². The van der Waals surface area contributed by atoms with Crippen molar-refractivity contribution in [2.75, 3.05) is 0 Å². The number of hydrogen-bond acceptors (Lipinski definition) is 3. The second kappa shape index (κ2) is 16.7. The summed E-state index contributed by atoms with van der Waals surface area (Å²) in [5, 5.41) is 7.95. The third-order valence-corrected chi connectivity index (χ3v) is 0.346. The summed E-state index contributed by atoms with van der Waals surface area (Å²) in [7, 11) is -4.36. The van der Waals surface area contributed by atoms with Crippen molar-refractivity contribution in [2.24, 2.45) is 0 Å². The summed E-state index contributed by atoms with van der Waals surface area (Å²) >= 11 is 0. The Bertz CT molecular complexity index is 170. The molecule has 58 valence electrons. The summed E-state index contributed by atoms with van der Waals surface area (Å²) in [6.45, 7) is 0. The fourth-order valence-electron chi connectivity index (χ4n) is 0. The second-order valence-corrected chi connectivity index (χ2v) is 1.70. The van der Waals surface area contributed by atoms with Crippen molar-refractivity contribution >= 4 is 44.8 Å². The molecule has 0 aliphatic carbocycles. The molecule has 1 N–H and O–H groups in total. The van der Waals surface area contributed by atoms with E-state index in [4.69, 9.17) is 9.81 Å². The molecule has 0 aliphatic rings. The predicted octanol–water partition coefficient (Wildman–Crippen LogP) is -1.76. The van der Waals surface area contributed by atoms with Crippen molar-refractivity contribution in [3.8, 4) is 5.40 Å². The maximum absolute atomic E-state index is 9.19. The van der Waals surface area contributed by atoms with Gasteiger partial charge >= 0.3 is 44.8 Å². The Kier molecular flexibility index (Phi) is 64.7. The SMILES string of the molecule is N#CS(=O)(=O)O.[Al+3].[Al+3].[O-2].[O-2].[O-2]. The molecule has 11 heavy (non-hydrogen) atoms. The van der Waals surface area contributed by atoms with Crippen LogP contribution >= 0.6 is 0 Å². The van der Waals surface area contributed by atoms with Crippen molar-refractivity contribution < 1.29 is 29.4 Å². The normalized spacial score (nSPS) is 5.45. The van der Waals surface area contributed by atoms with Crippen LogP contribution in [0.15, 0.2) is 0 Å². The number of nitriles is 1. The van der Waals surface area contributed by atoms with E-state index in [2.05, 4.69) is 0 Å². The zero-order chi connectivity index (χ0) is 5.21. The van der Waals surface area contributed by atoms with E-state index >= 15 is 0 Å². The molecule has 0 aromatic carbocycles. The molecule has 0 amide bonds. The van der Waals surface area contributed by atoms with E-state index in [0.29, 0.717) is 5.40 Å². The zero-order valence-corrected chi connectivity index (χ0v) is 8.12. The third kappa shape index (κ3) is 64.4. The molecular formula is CHAl2NO6S. The summed E-state index contributed by atoms with van der Waals surface area (Å²) < 4.78 is 25.8. The Hall–Kier alpha value is 0.345. The molecule has 0 unspecified atom stereocenters. The Labute approximate surface area is 84.9 Å². The smallest absolute Gasteiger partial charge is 2.00 e. The Morgan fingerprint density at radius 3 is 1.18 bits per heavy atom. The molecule has 0 atom stereocenters. The number of thiocyanates is 1. The van der Waals surface area contributed by atoms with Crippen LogP contribution in [0.25, 0.3) is 0 Å². The van der Waals surface area contributed by atoms with Gasteiger partial charge in [-0.15, -0.1) is 0 Å². The van der Waals surface area contributed by atoms with E-state index in [-0.39, 0.29) is 51.2 Å². The standard InChI is InChI=1S/CHNO3S.2Al.3O/c2-1-6(3,4)5;;;;;/h(H,3,4,5);;;;;/q;2*+3;3*-2. The van der Waals surface area contributed by atoms with Gasteiger partial charge in [0.05, 0.1) is 0 Å². The molecule has 0 bridgehead atoms. The molecule has 7 nitrogen and oxygen atoms in total. The van der Waals surface area contributed by atoms with Gasteiger partial charge in [-0.1, -0.05) is 0 Å². The van der Waals surface area contributed by atoms with Gasteiger partial charge in [-0.05, 0) is 0 Å². The first-order chi connectivity index (χ1) is 2.56. The van der Waals surface area contributed by atoms with Gasteiger partial charge < -0.3 is 16.4 Å². The molecule has 10 heteroatoms. The van der Waals surface area contributed by atoms with Gasteiger partial charge in [-0.3, -0.25) is 4.55 Å². The van der Waals surface area contributed by atoms with E-state index in [1.54, 1.807) is 0 Å². The van der Waals surface area contributed by atoms with E-state index in [1.165, 1.54) is 0 Å². The molecule has 0 aromatic rings. The average molecular weight is 209 g/mol. The zero-order valence-electron chi connectivity index (χ0n) is 5.00. The number of nitrogens with zero attached hydrogens (tertiary/aromatic N) is 1. The average Bonchev–Trinajstić information content (AvgIpc) is 1.35. The van der Waals surface area contributed by atoms with Gasteiger partial charge in [-0.2, -0.15) is 13.7 Å².